The lowest BCUT2D eigenvalue weighted by atomic mass is 9.43. The van der Waals surface area contributed by atoms with Gasteiger partial charge in [0.15, 0.2) is 11.9 Å². The van der Waals surface area contributed by atoms with Crippen molar-refractivity contribution in [3.63, 3.8) is 0 Å². The third kappa shape index (κ3) is 4.02. The van der Waals surface area contributed by atoms with Crippen LogP contribution in [0.4, 0.5) is 0 Å². The van der Waals surface area contributed by atoms with Crippen molar-refractivity contribution in [3.8, 4) is 0 Å². The Kier molecular flexibility index (Phi) is 7.31. The van der Waals surface area contributed by atoms with Crippen molar-refractivity contribution in [1.82, 2.24) is 0 Å². The lowest BCUT2D eigenvalue weighted by Gasteiger charge is -2.65. The molecular formula is C27H36O13. The summed E-state index contributed by atoms with van der Waals surface area (Å²) in [6.07, 6.45) is -7.17. The summed E-state index contributed by atoms with van der Waals surface area (Å²) in [5.41, 5.74) is -4.21. The molecule has 3 fully saturated rings. The van der Waals surface area contributed by atoms with Gasteiger partial charge in [-0.05, 0) is 24.8 Å². The van der Waals surface area contributed by atoms with E-state index in [-0.39, 0.29) is 30.6 Å². The molecule has 2 saturated heterocycles. The van der Waals surface area contributed by atoms with Gasteiger partial charge in [0.1, 0.15) is 36.3 Å². The van der Waals surface area contributed by atoms with Gasteiger partial charge in [-0.15, -0.1) is 0 Å². The molecule has 40 heavy (non-hydrogen) atoms. The second-order valence-corrected chi connectivity index (χ2v) is 11.6. The summed E-state index contributed by atoms with van der Waals surface area (Å²) in [5.74, 6) is -2.63. The van der Waals surface area contributed by atoms with Gasteiger partial charge in [0, 0.05) is 29.2 Å². The highest BCUT2D eigenvalue weighted by molar-refractivity contribution is 5.91. The van der Waals surface area contributed by atoms with E-state index in [1.165, 1.54) is 12.5 Å². The first-order chi connectivity index (χ1) is 18.8. The summed E-state index contributed by atoms with van der Waals surface area (Å²) in [6, 6.07) is 1.66. The molecule has 11 unspecified atom stereocenters. The van der Waals surface area contributed by atoms with E-state index < -0.39 is 90.2 Å². The number of ether oxygens (including phenoxy) is 4. The predicted molar refractivity (Wildman–Crippen MR) is 131 cm³/mol. The first-order valence-electron chi connectivity index (χ1n) is 13.3. The summed E-state index contributed by atoms with van der Waals surface area (Å²) in [4.78, 5) is 26.7. The molecule has 6 N–H and O–H groups in total. The average Bonchev–Trinajstić information content (AvgIpc) is 3.46. The van der Waals surface area contributed by atoms with Crippen LogP contribution in [-0.4, -0.2) is 98.7 Å². The molecule has 2 aliphatic heterocycles. The van der Waals surface area contributed by atoms with Crippen LogP contribution in [0, 0.1) is 16.7 Å². The van der Waals surface area contributed by atoms with Crippen molar-refractivity contribution in [1.29, 1.82) is 0 Å². The van der Waals surface area contributed by atoms with Crippen LogP contribution < -0.4 is 0 Å². The SMILES string of the molecule is COC(=O)C1=C(O)CCC2C1(C)C(OC1OC(CO)C(O)C(O)C1O)CC1(O)C(=O)OC(c3ccoc3)CC21C. The van der Waals surface area contributed by atoms with Gasteiger partial charge < -0.3 is 54.0 Å². The zero-order chi connectivity index (χ0) is 29.2. The smallest absolute Gasteiger partial charge is 0.339 e. The molecule has 3 heterocycles. The molecule has 13 heteroatoms. The van der Waals surface area contributed by atoms with Gasteiger partial charge in [-0.3, -0.25) is 0 Å². The lowest BCUT2D eigenvalue weighted by molar-refractivity contribution is -0.338. The highest BCUT2D eigenvalue weighted by Gasteiger charge is 2.73. The van der Waals surface area contributed by atoms with Crippen molar-refractivity contribution < 1.29 is 63.6 Å². The second-order valence-electron chi connectivity index (χ2n) is 11.6. The highest BCUT2D eigenvalue weighted by Crippen LogP contribution is 2.67. The number of carbonyl (C=O) groups is 2. The summed E-state index contributed by atoms with van der Waals surface area (Å²) >= 11 is 0. The summed E-state index contributed by atoms with van der Waals surface area (Å²) < 4.78 is 27.6. The van der Waals surface area contributed by atoms with Crippen LogP contribution in [0.1, 0.15) is 51.2 Å². The van der Waals surface area contributed by atoms with E-state index in [2.05, 4.69) is 0 Å². The van der Waals surface area contributed by atoms with Crippen molar-refractivity contribution in [2.45, 2.75) is 88.0 Å². The zero-order valence-electron chi connectivity index (χ0n) is 22.4. The van der Waals surface area contributed by atoms with Crippen LogP contribution in [0.15, 0.2) is 34.3 Å². The molecule has 0 bridgehead atoms. The normalized spacial score (nSPS) is 45.4. The Morgan fingerprint density at radius 3 is 2.50 bits per heavy atom. The lowest BCUT2D eigenvalue weighted by Crippen LogP contribution is -2.72. The van der Waals surface area contributed by atoms with Crippen LogP contribution in [-0.2, 0) is 28.5 Å². The van der Waals surface area contributed by atoms with Gasteiger partial charge >= 0.3 is 11.9 Å². The van der Waals surface area contributed by atoms with Gasteiger partial charge in [0.2, 0.25) is 0 Å². The topological polar surface area (TPSA) is 206 Å². The maximum atomic E-state index is 13.6. The van der Waals surface area contributed by atoms with Crippen LogP contribution in [0.2, 0.25) is 0 Å². The van der Waals surface area contributed by atoms with Gasteiger partial charge in [-0.25, -0.2) is 9.59 Å². The van der Waals surface area contributed by atoms with E-state index in [0.29, 0.717) is 5.56 Å². The minimum atomic E-state index is -2.12. The number of fused-ring (bicyclic) bond motifs is 3. The monoisotopic (exact) mass is 568 g/mol. The third-order valence-electron chi connectivity index (χ3n) is 9.73. The van der Waals surface area contributed by atoms with E-state index in [1.807, 2.05) is 0 Å². The number of methoxy groups -OCH3 is 1. The van der Waals surface area contributed by atoms with Gasteiger partial charge in [-0.2, -0.15) is 0 Å². The highest BCUT2D eigenvalue weighted by atomic mass is 16.7. The molecule has 5 rings (SSSR count). The molecule has 2 aliphatic carbocycles. The summed E-state index contributed by atoms with van der Waals surface area (Å²) in [7, 11) is 1.16. The Labute approximate surface area is 229 Å². The fraction of sp³-hybridized carbons (Fsp3) is 0.704. The number of hydrogen-bond acceptors (Lipinski definition) is 13. The average molecular weight is 569 g/mol. The number of rotatable bonds is 5. The molecule has 11 atom stereocenters. The number of cyclic esters (lactones) is 1. The third-order valence-corrected chi connectivity index (χ3v) is 9.73. The molecule has 0 radical (unpaired) electrons. The molecule has 1 saturated carbocycles. The Morgan fingerprint density at radius 1 is 1.15 bits per heavy atom. The molecule has 13 nitrogen and oxygen atoms in total. The van der Waals surface area contributed by atoms with Crippen LogP contribution in [0.5, 0.6) is 0 Å². The number of aliphatic hydroxyl groups is 6. The van der Waals surface area contributed by atoms with E-state index in [9.17, 15) is 40.2 Å². The van der Waals surface area contributed by atoms with Crippen LogP contribution in [0.25, 0.3) is 0 Å². The number of esters is 2. The van der Waals surface area contributed by atoms with E-state index in [1.54, 1.807) is 19.9 Å². The van der Waals surface area contributed by atoms with Crippen LogP contribution >= 0.6 is 0 Å². The van der Waals surface area contributed by atoms with Crippen molar-refractivity contribution in [2.75, 3.05) is 13.7 Å². The van der Waals surface area contributed by atoms with E-state index in [0.717, 1.165) is 7.11 Å². The molecule has 222 valence electrons. The van der Waals surface area contributed by atoms with Gasteiger partial charge in [-0.1, -0.05) is 13.8 Å². The Bertz CT molecular complexity index is 1160. The van der Waals surface area contributed by atoms with E-state index in [4.69, 9.17) is 23.4 Å². The molecule has 4 aliphatic rings. The molecule has 0 amide bonds. The standard InChI is InChI=1S/C27H36O13/c1-25-8-14(12-6-7-37-11-12)39-24(34)27(25,35)9-17(40-23-21(32)20(31)19(30)15(10-28)38-23)26(2)16(25)5-4-13(29)18(26)22(33)36-3/h6-7,11,14-17,19-21,23,28-32,35H,4-5,8-10H2,1-3H3. The minimum Gasteiger partial charge on any atom is -0.512 e. The first-order valence-corrected chi connectivity index (χ1v) is 13.3. The van der Waals surface area contributed by atoms with Gasteiger partial charge in [0.25, 0.3) is 0 Å². The molecule has 1 aromatic heterocycles. The summed E-state index contributed by atoms with van der Waals surface area (Å²) in [6.45, 7) is 2.70. The van der Waals surface area contributed by atoms with Crippen molar-refractivity contribution >= 4 is 11.9 Å². The Morgan fingerprint density at radius 2 is 1.88 bits per heavy atom. The number of allylic oxidation sites excluding steroid dienone is 1. The number of furan rings is 1. The molecule has 0 spiro atoms. The minimum absolute atomic E-state index is 0.0640. The van der Waals surface area contributed by atoms with Crippen molar-refractivity contribution in [3.05, 3.63) is 35.5 Å². The fourth-order valence-corrected chi connectivity index (χ4v) is 7.45. The van der Waals surface area contributed by atoms with Crippen LogP contribution in [0.3, 0.4) is 0 Å². The van der Waals surface area contributed by atoms with Gasteiger partial charge in [0.05, 0.1) is 37.9 Å². The number of hydrogen-bond donors (Lipinski definition) is 6. The maximum absolute atomic E-state index is 13.6. The quantitative estimate of drug-likeness (QED) is 0.259. The maximum Gasteiger partial charge on any atom is 0.339 e. The second kappa shape index (κ2) is 10.1. The Hall–Kier alpha value is -2.52. The molecular weight excluding hydrogens is 532 g/mol. The Balaban J connectivity index is 1.61. The van der Waals surface area contributed by atoms with E-state index >= 15 is 0 Å². The summed E-state index contributed by atoms with van der Waals surface area (Å²) in [5, 5.41) is 63.9. The predicted octanol–water partition coefficient (Wildman–Crippen LogP) is -0.00480. The first kappa shape index (κ1) is 29.0. The largest absolute Gasteiger partial charge is 0.512 e. The molecule has 0 aromatic carbocycles. The number of aliphatic hydroxyl groups excluding tert-OH is 5. The fourth-order valence-electron chi connectivity index (χ4n) is 7.45. The molecule has 1 aromatic rings. The zero-order valence-corrected chi connectivity index (χ0v) is 22.4. The number of carbonyl (C=O) groups excluding carboxylic acids is 2. The van der Waals surface area contributed by atoms with Crippen molar-refractivity contribution in [2.24, 2.45) is 16.7 Å².